The summed E-state index contributed by atoms with van der Waals surface area (Å²) in [5.74, 6) is 0. The van der Waals surface area contributed by atoms with Crippen molar-refractivity contribution in [2.45, 2.75) is 57.9 Å². The van der Waals surface area contributed by atoms with E-state index in [-0.39, 0.29) is 0 Å². The van der Waals surface area contributed by atoms with Crippen molar-refractivity contribution in [2.24, 2.45) is 0 Å². The Hall–Kier alpha value is -0.820. The van der Waals surface area contributed by atoms with Gasteiger partial charge >= 0.3 is 0 Å². The highest BCUT2D eigenvalue weighted by Crippen LogP contribution is 2.28. The number of nitrogens with one attached hydrogen (secondary N) is 1. The van der Waals surface area contributed by atoms with Gasteiger partial charge in [0.25, 0.3) is 0 Å². The fraction of sp³-hybridized carbons (Fsp3) is 0.625. The van der Waals surface area contributed by atoms with Crippen molar-refractivity contribution >= 4 is 0 Å². The molecule has 1 aliphatic rings. The van der Waals surface area contributed by atoms with Gasteiger partial charge in [0.2, 0.25) is 0 Å². The fourth-order valence-corrected chi connectivity index (χ4v) is 2.78. The molecule has 0 aromatic heterocycles. The van der Waals surface area contributed by atoms with Crippen molar-refractivity contribution in [3.05, 3.63) is 35.4 Å². The fourth-order valence-electron chi connectivity index (χ4n) is 2.78. The molecule has 17 heavy (non-hydrogen) atoms. The highest BCUT2D eigenvalue weighted by molar-refractivity contribution is 5.31. The van der Waals surface area contributed by atoms with Crippen LogP contribution in [0.4, 0.5) is 0 Å². The van der Waals surface area contributed by atoms with E-state index >= 15 is 0 Å². The number of fused-ring (bicyclic) bond motifs is 1. The second kappa shape index (κ2) is 6.80. The molecule has 1 aromatic carbocycles. The monoisotopic (exact) mass is 231 g/mol. The molecule has 1 unspecified atom stereocenters. The smallest absolute Gasteiger partial charge is 0.0322 e. The van der Waals surface area contributed by atoms with Crippen molar-refractivity contribution in [1.82, 2.24) is 5.32 Å². The van der Waals surface area contributed by atoms with E-state index in [1.807, 2.05) is 0 Å². The average molecular weight is 231 g/mol. The highest BCUT2D eigenvalue weighted by atomic mass is 14.9. The van der Waals surface area contributed by atoms with Crippen LogP contribution in [0, 0.1) is 0 Å². The molecule has 1 atom stereocenters. The molecule has 1 N–H and O–H groups in total. The molecule has 1 aromatic rings. The molecule has 1 aliphatic carbocycles. The molecule has 0 saturated heterocycles. The van der Waals surface area contributed by atoms with Crippen LogP contribution >= 0.6 is 0 Å². The summed E-state index contributed by atoms with van der Waals surface area (Å²) in [5, 5.41) is 3.75. The van der Waals surface area contributed by atoms with Crippen molar-refractivity contribution in [2.75, 3.05) is 6.54 Å². The standard InChI is InChI=1S/C16H25N/c1-2-3-8-13-17-16-12-7-5-10-14-9-4-6-11-15(14)16/h4,6,9,11,16-17H,2-3,5,7-8,10,12-13H2,1H3. The maximum Gasteiger partial charge on any atom is 0.0322 e. The Balaban J connectivity index is 1.97. The van der Waals surface area contributed by atoms with Crippen molar-refractivity contribution in [1.29, 1.82) is 0 Å². The summed E-state index contributed by atoms with van der Waals surface area (Å²) in [6.45, 7) is 3.44. The van der Waals surface area contributed by atoms with E-state index in [9.17, 15) is 0 Å². The van der Waals surface area contributed by atoms with E-state index in [0.29, 0.717) is 6.04 Å². The minimum Gasteiger partial charge on any atom is -0.310 e. The average Bonchev–Trinajstić information content (AvgIpc) is 2.57. The van der Waals surface area contributed by atoms with Crippen LogP contribution in [0.1, 0.15) is 62.6 Å². The maximum absolute atomic E-state index is 3.75. The van der Waals surface area contributed by atoms with Crippen LogP contribution in [0.2, 0.25) is 0 Å². The molecule has 0 fully saturated rings. The van der Waals surface area contributed by atoms with Crippen LogP contribution in [0.3, 0.4) is 0 Å². The van der Waals surface area contributed by atoms with Gasteiger partial charge in [-0.25, -0.2) is 0 Å². The first-order chi connectivity index (χ1) is 8.42. The van der Waals surface area contributed by atoms with Gasteiger partial charge in [-0.05, 0) is 43.4 Å². The molecule has 2 rings (SSSR count). The molecule has 0 bridgehead atoms. The Bertz CT molecular complexity index is 332. The second-order valence-corrected chi connectivity index (χ2v) is 5.16. The number of aryl methyl sites for hydroxylation is 1. The first kappa shape index (κ1) is 12.6. The first-order valence-electron chi connectivity index (χ1n) is 7.23. The SMILES string of the molecule is CCCCCNC1CCCCc2ccccc21. The van der Waals surface area contributed by atoms with Crippen LogP contribution < -0.4 is 5.32 Å². The van der Waals surface area contributed by atoms with Gasteiger partial charge in [-0.1, -0.05) is 50.5 Å². The Morgan fingerprint density at radius 3 is 2.94 bits per heavy atom. The van der Waals surface area contributed by atoms with Gasteiger partial charge in [0.15, 0.2) is 0 Å². The van der Waals surface area contributed by atoms with Crippen molar-refractivity contribution < 1.29 is 0 Å². The van der Waals surface area contributed by atoms with E-state index in [4.69, 9.17) is 0 Å². The molecule has 0 saturated carbocycles. The molecule has 94 valence electrons. The van der Waals surface area contributed by atoms with E-state index in [2.05, 4.69) is 36.5 Å². The molecule has 0 aliphatic heterocycles. The van der Waals surface area contributed by atoms with E-state index < -0.39 is 0 Å². The molecule has 0 heterocycles. The summed E-state index contributed by atoms with van der Waals surface area (Å²) >= 11 is 0. The van der Waals surface area contributed by atoms with Crippen molar-refractivity contribution in [3.63, 3.8) is 0 Å². The quantitative estimate of drug-likeness (QED) is 0.590. The summed E-state index contributed by atoms with van der Waals surface area (Å²) in [6.07, 6.45) is 9.26. The number of hydrogen-bond donors (Lipinski definition) is 1. The summed E-state index contributed by atoms with van der Waals surface area (Å²) in [5.41, 5.74) is 3.12. The predicted octanol–water partition coefficient (Wildman–Crippen LogP) is 4.23. The first-order valence-corrected chi connectivity index (χ1v) is 7.23. The van der Waals surface area contributed by atoms with E-state index in [1.54, 1.807) is 11.1 Å². The van der Waals surface area contributed by atoms with Crippen molar-refractivity contribution in [3.8, 4) is 0 Å². The minimum atomic E-state index is 0.602. The van der Waals surface area contributed by atoms with Gasteiger partial charge in [-0.15, -0.1) is 0 Å². The zero-order chi connectivity index (χ0) is 11.9. The normalized spacial score (nSPS) is 19.7. The van der Waals surface area contributed by atoms with E-state index in [1.165, 1.54) is 51.5 Å². The van der Waals surface area contributed by atoms with Gasteiger partial charge in [0.05, 0.1) is 0 Å². The Morgan fingerprint density at radius 1 is 1.18 bits per heavy atom. The molecule has 0 radical (unpaired) electrons. The van der Waals surface area contributed by atoms with E-state index in [0.717, 1.165) is 0 Å². The summed E-state index contributed by atoms with van der Waals surface area (Å²) < 4.78 is 0. The topological polar surface area (TPSA) is 12.0 Å². The lowest BCUT2D eigenvalue weighted by Crippen LogP contribution is -2.22. The molecule has 0 amide bonds. The summed E-state index contributed by atoms with van der Waals surface area (Å²) in [4.78, 5) is 0. The van der Waals surface area contributed by atoms with Crippen LogP contribution in [0.15, 0.2) is 24.3 Å². The molecule has 1 heteroatoms. The largest absolute Gasteiger partial charge is 0.310 e. The third-order valence-electron chi connectivity index (χ3n) is 3.79. The third kappa shape index (κ3) is 3.57. The summed E-state index contributed by atoms with van der Waals surface area (Å²) in [7, 11) is 0. The maximum atomic E-state index is 3.75. The summed E-state index contributed by atoms with van der Waals surface area (Å²) in [6, 6.07) is 9.59. The lowest BCUT2D eigenvalue weighted by Gasteiger charge is -2.19. The van der Waals surface area contributed by atoms with Crippen LogP contribution in [0.25, 0.3) is 0 Å². The van der Waals surface area contributed by atoms with Gasteiger partial charge < -0.3 is 5.32 Å². The van der Waals surface area contributed by atoms with Crippen LogP contribution in [-0.2, 0) is 6.42 Å². The van der Waals surface area contributed by atoms with Gasteiger partial charge in [-0.2, -0.15) is 0 Å². The van der Waals surface area contributed by atoms with Crippen LogP contribution in [-0.4, -0.2) is 6.54 Å². The lowest BCUT2D eigenvalue weighted by atomic mass is 9.99. The van der Waals surface area contributed by atoms with Gasteiger partial charge in [-0.3, -0.25) is 0 Å². The molecular formula is C16H25N. The lowest BCUT2D eigenvalue weighted by molar-refractivity contribution is 0.477. The minimum absolute atomic E-state index is 0.602. The Kier molecular flexibility index (Phi) is 5.06. The zero-order valence-electron chi connectivity index (χ0n) is 11.0. The third-order valence-corrected chi connectivity index (χ3v) is 3.79. The highest BCUT2D eigenvalue weighted by Gasteiger charge is 2.16. The molecule has 0 spiro atoms. The Labute approximate surface area is 106 Å². The van der Waals surface area contributed by atoms with Gasteiger partial charge in [0, 0.05) is 6.04 Å². The Morgan fingerprint density at radius 2 is 2.06 bits per heavy atom. The second-order valence-electron chi connectivity index (χ2n) is 5.16. The number of hydrogen-bond acceptors (Lipinski definition) is 1. The number of unbranched alkanes of at least 4 members (excludes halogenated alkanes) is 2. The number of rotatable bonds is 5. The predicted molar refractivity (Wildman–Crippen MR) is 74.3 cm³/mol. The molecular weight excluding hydrogens is 206 g/mol. The van der Waals surface area contributed by atoms with Gasteiger partial charge in [0.1, 0.15) is 0 Å². The number of benzene rings is 1. The van der Waals surface area contributed by atoms with Crippen LogP contribution in [0.5, 0.6) is 0 Å². The molecule has 1 nitrogen and oxygen atoms in total. The zero-order valence-corrected chi connectivity index (χ0v) is 11.0.